The predicted molar refractivity (Wildman–Crippen MR) is 72.3 cm³/mol. The third kappa shape index (κ3) is 2.41. The van der Waals surface area contributed by atoms with E-state index in [-0.39, 0.29) is 0 Å². The quantitative estimate of drug-likeness (QED) is 0.875. The molecule has 3 nitrogen and oxygen atoms in total. The molecule has 0 atom stereocenters. The molecule has 3 rings (SSSR count). The molecule has 1 aromatic heterocycles. The van der Waals surface area contributed by atoms with Crippen LogP contribution in [0, 0.1) is 0 Å². The minimum atomic E-state index is 0.706. The Kier molecular flexibility index (Phi) is 3.33. The van der Waals surface area contributed by atoms with Gasteiger partial charge in [-0.25, -0.2) is 9.97 Å². The zero-order chi connectivity index (χ0) is 12.2. The molecule has 3 heteroatoms. The molecule has 0 saturated carbocycles. The molecule has 0 spiro atoms. The minimum Gasteiger partial charge on any atom is -0.317 e. The Morgan fingerprint density at radius 2 is 1.61 bits per heavy atom. The Hall–Kier alpha value is -1.74. The van der Waals surface area contributed by atoms with Crippen LogP contribution in [-0.2, 0) is 0 Å². The van der Waals surface area contributed by atoms with E-state index in [0.29, 0.717) is 5.92 Å². The van der Waals surface area contributed by atoms with E-state index in [9.17, 15) is 0 Å². The Labute approximate surface area is 107 Å². The van der Waals surface area contributed by atoms with Crippen LogP contribution in [0.4, 0.5) is 0 Å². The number of piperidine rings is 1. The van der Waals surface area contributed by atoms with Crippen molar-refractivity contribution in [2.24, 2.45) is 0 Å². The number of aromatic nitrogens is 2. The lowest BCUT2D eigenvalue weighted by molar-refractivity contribution is 0.460. The fraction of sp³-hybridized carbons (Fsp3) is 0.333. The highest BCUT2D eigenvalue weighted by molar-refractivity contribution is 5.55. The SMILES string of the molecule is c1cnc(-c2ccc(C3CCNCC3)cc2)nc1. The average Bonchev–Trinajstić information content (AvgIpc) is 2.49. The first kappa shape index (κ1) is 11.4. The molecular weight excluding hydrogens is 222 g/mol. The third-order valence-electron chi connectivity index (χ3n) is 3.55. The molecule has 92 valence electrons. The predicted octanol–water partition coefficient (Wildman–Crippen LogP) is 2.61. The lowest BCUT2D eigenvalue weighted by Gasteiger charge is -2.23. The molecule has 0 amide bonds. The number of hydrogen-bond donors (Lipinski definition) is 1. The van der Waals surface area contributed by atoms with E-state index in [4.69, 9.17) is 0 Å². The summed E-state index contributed by atoms with van der Waals surface area (Å²) in [6.45, 7) is 2.27. The van der Waals surface area contributed by atoms with E-state index in [1.807, 2.05) is 6.07 Å². The first-order valence-corrected chi connectivity index (χ1v) is 6.51. The molecule has 1 fully saturated rings. The maximum Gasteiger partial charge on any atom is 0.159 e. The van der Waals surface area contributed by atoms with Gasteiger partial charge in [0.05, 0.1) is 0 Å². The van der Waals surface area contributed by atoms with E-state index in [1.54, 1.807) is 12.4 Å². The first-order valence-electron chi connectivity index (χ1n) is 6.51. The van der Waals surface area contributed by atoms with Crippen LogP contribution in [0.15, 0.2) is 42.7 Å². The van der Waals surface area contributed by atoms with Crippen molar-refractivity contribution in [3.05, 3.63) is 48.3 Å². The summed E-state index contributed by atoms with van der Waals surface area (Å²) >= 11 is 0. The van der Waals surface area contributed by atoms with Crippen molar-refractivity contribution in [3.8, 4) is 11.4 Å². The molecule has 1 N–H and O–H groups in total. The van der Waals surface area contributed by atoms with Gasteiger partial charge in [-0.05, 0) is 43.5 Å². The number of hydrogen-bond acceptors (Lipinski definition) is 3. The topological polar surface area (TPSA) is 37.8 Å². The van der Waals surface area contributed by atoms with Gasteiger partial charge in [0.1, 0.15) is 0 Å². The largest absolute Gasteiger partial charge is 0.317 e. The maximum atomic E-state index is 4.27. The fourth-order valence-electron chi connectivity index (χ4n) is 2.51. The standard InChI is InChI=1S/C15H17N3/c1-8-17-15(18-9-1)14-4-2-12(3-5-14)13-6-10-16-11-7-13/h1-5,8-9,13,16H,6-7,10-11H2. The van der Waals surface area contributed by atoms with E-state index in [2.05, 4.69) is 39.6 Å². The molecule has 1 aliphatic heterocycles. The normalized spacial score (nSPS) is 16.7. The highest BCUT2D eigenvalue weighted by atomic mass is 14.9. The Balaban J connectivity index is 1.80. The van der Waals surface area contributed by atoms with Gasteiger partial charge in [0, 0.05) is 18.0 Å². The molecule has 0 radical (unpaired) electrons. The lowest BCUT2D eigenvalue weighted by atomic mass is 9.90. The molecule has 0 unspecified atom stereocenters. The lowest BCUT2D eigenvalue weighted by Crippen LogP contribution is -2.26. The summed E-state index contributed by atoms with van der Waals surface area (Å²) in [5.41, 5.74) is 2.53. The molecule has 0 aliphatic carbocycles. The molecule has 2 heterocycles. The van der Waals surface area contributed by atoms with Crippen molar-refractivity contribution in [3.63, 3.8) is 0 Å². The molecule has 1 aromatic carbocycles. The number of benzene rings is 1. The smallest absolute Gasteiger partial charge is 0.159 e. The van der Waals surface area contributed by atoms with Crippen LogP contribution < -0.4 is 5.32 Å². The first-order chi connectivity index (χ1) is 8.93. The average molecular weight is 239 g/mol. The second-order valence-corrected chi connectivity index (χ2v) is 4.72. The van der Waals surface area contributed by atoms with Crippen LogP contribution in [0.3, 0.4) is 0 Å². The van der Waals surface area contributed by atoms with E-state index in [1.165, 1.54) is 18.4 Å². The minimum absolute atomic E-state index is 0.706. The van der Waals surface area contributed by atoms with Crippen LogP contribution in [-0.4, -0.2) is 23.1 Å². The van der Waals surface area contributed by atoms with Gasteiger partial charge in [0.25, 0.3) is 0 Å². The zero-order valence-corrected chi connectivity index (χ0v) is 10.3. The van der Waals surface area contributed by atoms with Crippen LogP contribution in [0.25, 0.3) is 11.4 Å². The Morgan fingerprint density at radius 1 is 0.944 bits per heavy atom. The fourth-order valence-corrected chi connectivity index (χ4v) is 2.51. The molecule has 18 heavy (non-hydrogen) atoms. The summed E-state index contributed by atoms with van der Waals surface area (Å²) in [5, 5.41) is 3.40. The molecular formula is C15H17N3. The van der Waals surface area contributed by atoms with Crippen molar-refractivity contribution in [2.75, 3.05) is 13.1 Å². The third-order valence-corrected chi connectivity index (χ3v) is 3.55. The maximum absolute atomic E-state index is 4.27. The molecule has 1 saturated heterocycles. The van der Waals surface area contributed by atoms with Gasteiger partial charge < -0.3 is 5.32 Å². The number of rotatable bonds is 2. The second-order valence-electron chi connectivity index (χ2n) is 4.72. The van der Waals surface area contributed by atoms with E-state index < -0.39 is 0 Å². The van der Waals surface area contributed by atoms with Gasteiger partial charge in [0.2, 0.25) is 0 Å². The van der Waals surface area contributed by atoms with Crippen molar-refractivity contribution in [1.29, 1.82) is 0 Å². The highest BCUT2D eigenvalue weighted by Gasteiger charge is 2.14. The molecule has 0 bridgehead atoms. The summed E-state index contributed by atoms with van der Waals surface area (Å²) in [7, 11) is 0. The Bertz CT molecular complexity index is 487. The van der Waals surface area contributed by atoms with Crippen molar-refractivity contribution >= 4 is 0 Å². The summed E-state index contributed by atoms with van der Waals surface area (Å²) in [5.74, 6) is 1.51. The van der Waals surface area contributed by atoms with Crippen LogP contribution >= 0.6 is 0 Å². The van der Waals surface area contributed by atoms with Gasteiger partial charge in [-0.15, -0.1) is 0 Å². The second kappa shape index (κ2) is 5.27. The summed E-state index contributed by atoms with van der Waals surface area (Å²) in [4.78, 5) is 8.54. The summed E-state index contributed by atoms with van der Waals surface area (Å²) in [6, 6.07) is 10.6. The van der Waals surface area contributed by atoms with Crippen LogP contribution in [0.2, 0.25) is 0 Å². The van der Waals surface area contributed by atoms with Crippen molar-refractivity contribution in [1.82, 2.24) is 15.3 Å². The van der Waals surface area contributed by atoms with Gasteiger partial charge >= 0.3 is 0 Å². The number of nitrogens with zero attached hydrogens (tertiary/aromatic N) is 2. The van der Waals surface area contributed by atoms with Gasteiger partial charge in [-0.2, -0.15) is 0 Å². The van der Waals surface area contributed by atoms with Crippen molar-refractivity contribution < 1.29 is 0 Å². The van der Waals surface area contributed by atoms with Crippen LogP contribution in [0.1, 0.15) is 24.3 Å². The monoisotopic (exact) mass is 239 g/mol. The zero-order valence-electron chi connectivity index (χ0n) is 10.3. The number of nitrogens with one attached hydrogen (secondary N) is 1. The highest BCUT2D eigenvalue weighted by Crippen LogP contribution is 2.26. The molecule has 2 aromatic rings. The van der Waals surface area contributed by atoms with Gasteiger partial charge in [0.15, 0.2) is 5.82 Å². The summed E-state index contributed by atoms with van der Waals surface area (Å²) < 4.78 is 0. The van der Waals surface area contributed by atoms with Gasteiger partial charge in [-0.1, -0.05) is 24.3 Å². The van der Waals surface area contributed by atoms with Gasteiger partial charge in [-0.3, -0.25) is 0 Å². The van der Waals surface area contributed by atoms with E-state index >= 15 is 0 Å². The van der Waals surface area contributed by atoms with Crippen molar-refractivity contribution in [2.45, 2.75) is 18.8 Å². The summed E-state index contributed by atoms with van der Waals surface area (Å²) in [6.07, 6.45) is 6.04. The van der Waals surface area contributed by atoms with E-state index in [0.717, 1.165) is 24.5 Å². The van der Waals surface area contributed by atoms with Crippen LogP contribution in [0.5, 0.6) is 0 Å². The Morgan fingerprint density at radius 3 is 2.28 bits per heavy atom. The molecule has 1 aliphatic rings.